The van der Waals surface area contributed by atoms with Gasteiger partial charge in [0.2, 0.25) is 0 Å². The van der Waals surface area contributed by atoms with E-state index >= 15 is 0 Å². The molecule has 3 heteroatoms. The molecule has 0 unspecified atom stereocenters. The average molecular weight is 242 g/mol. The molecule has 88 valence electrons. The minimum atomic E-state index is -1.07. The zero-order valence-electron chi connectivity index (χ0n) is 9.26. The number of rotatable bonds is 2. The first kappa shape index (κ1) is 11.9. The molecular weight excluding hydrogens is 225 g/mol. The summed E-state index contributed by atoms with van der Waals surface area (Å²) in [4.78, 5) is 0. The summed E-state index contributed by atoms with van der Waals surface area (Å²) in [5.41, 5.74) is 5.74. The van der Waals surface area contributed by atoms with Crippen molar-refractivity contribution in [3.8, 4) is 0 Å². The van der Waals surface area contributed by atoms with Crippen LogP contribution in [0.25, 0.3) is 0 Å². The van der Waals surface area contributed by atoms with Gasteiger partial charge in [0, 0.05) is 17.5 Å². The fraction of sp³-hybridized carbons (Fsp3) is 0.538. The smallest absolute Gasteiger partial charge is 0.115 e. The van der Waals surface area contributed by atoms with E-state index in [0.29, 0.717) is 24.3 Å². The number of benzene rings is 1. The van der Waals surface area contributed by atoms with Crippen molar-refractivity contribution in [3.63, 3.8) is 0 Å². The van der Waals surface area contributed by atoms with Crippen molar-refractivity contribution in [1.29, 1.82) is 0 Å². The van der Waals surface area contributed by atoms with Gasteiger partial charge in [-0.3, -0.25) is 0 Å². The van der Waals surface area contributed by atoms with Crippen LogP contribution in [0, 0.1) is 0 Å². The van der Waals surface area contributed by atoms with Crippen molar-refractivity contribution in [1.82, 2.24) is 0 Å². The highest BCUT2D eigenvalue weighted by molar-refractivity contribution is 6.30. The molecule has 1 saturated carbocycles. The molecule has 16 heavy (non-hydrogen) atoms. The summed E-state index contributed by atoms with van der Waals surface area (Å²) in [5.74, 6) is 0. The summed E-state index contributed by atoms with van der Waals surface area (Å²) in [7, 11) is 0. The highest BCUT2D eigenvalue weighted by Gasteiger charge is 2.34. The first-order chi connectivity index (χ1) is 7.57. The van der Waals surface area contributed by atoms with Crippen molar-refractivity contribution in [3.05, 3.63) is 34.9 Å². The van der Waals surface area contributed by atoms with Gasteiger partial charge in [-0.1, -0.05) is 23.7 Å². The number of hydrogen-bond donors (Lipinski definition) is 1. The Morgan fingerprint density at radius 2 is 1.81 bits per heavy atom. The van der Waals surface area contributed by atoms with Gasteiger partial charge in [-0.05, 0) is 43.4 Å². The van der Waals surface area contributed by atoms with E-state index in [1.165, 1.54) is 0 Å². The molecule has 0 aliphatic heterocycles. The molecule has 0 amide bonds. The molecule has 2 N–H and O–H groups in total. The number of halogens is 2. The van der Waals surface area contributed by atoms with E-state index in [0.717, 1.165) is 18.4 Å². The Morgan fingerprint density at radius 1 is 1.25 bits per heavy atom. The van der Waals surface area contributed by atoms with Crippen LogP contribution in [0.15, 0.2) is 24.3 Å². The summed E-state index contributed by atoms with van der Waals surface area (Å²) in [6, 6.07) is 7.62. The van der Waals surface area contributed by atoms with E-state index < -0.39 is 5.67 Å². The summed E-state index contributed by atoms with van der Waals surface area (Å²) in [5, 5.41) is 0.697. The lowest BCUT2D eigenvalue weighted by Crippen LogP contribution is -2.37. The average Bonchev–Trinajstić information content (AvgIpc) is 2.27. The predicted octanol–water partition coefficient (Wildman–Crippen LogP) is 3.49. The molecule has 1 nitrogen and oxygen atoms in total. The Hall–Kier alpha value is -0.600. The third-order valence-corrected chi connectivity index (χ3v) is 3.61. The van der Waals surface area contributed by atoms with Crippen LogP contribution in [0.3, 0.4) is 0 Å². The van der Waals surface area contributed by atoms with Crippen molar-refractivity contribution >= 4 is 11.6 Å². The van der Waals surface area contributed by atoms with Crippen LogP contribution in [0.5, 0.6) is 0 Å². The summed E-state index contributed by atoms with van der Waals surface area (Å²) in [6.45, 7) is 0. The lowest BCUT2D eigenvalue weighted by molar-refractivity contribution is 0.0995. The Morgan fingerprint density at radius 3 is 2.38 bits per heavy atom. The standard InChI is InChI=1S/C13H17ClFN/c14-11-3-1-10(2-4-11)9-13(15)7-5-12(16)6-8-13/h1-4,12H,5-9,16H2. The maximum absolute atomic E-state index is 14.4. The molecule has 1 aliphatic carbocycles. The number of alkyl halides is 1. The predicted molar refractivity (Wildman–Crippen MR) is 65.4 cm³/mol. The Balaban J connectivity index is 2.00. The van der Waals surface area contributed by atoms with Crippen LogP contribution in [-0.2, 0) is 6.42 Å². The van der Waals surface area contributed by atoms with Crippen molar-refractivity contribution in [2.24, 2.45) is 5.73 Å². The number of hydrogen-bond acceptors (Lipinski definition) is 1. The highest BCUT2D eigenvalue weighted by atomic mass is 35.5. The molecule has 1 aliphatic rings. The first-order valence-corrected chi connectivity index (χ1v) is 6.14. The molecule has 0 radical (unpaired) electrons. The molecule has 0 atom stereocenters. The van der Waals surface area contributed by atoms with Gasteiger partial charge < -0.3 is 5.73 Å². The van der Waals surface area contributed by atoms with E-state index in [2.05, 4.69) is 0 Å². The van der Waals surface area contributed by atoms with Crippen LogP contribution in [0.4, 0.5) is 4.39 Å². The third kappa shape index (κ3) is 2.96. The molecular formula is C13H17ClFN. The van der Waals surface area contributed by atoms with Gasteiger partial charge in [0.25, 0.3) is 0 Å². The molecule has 1 aromatic carbocycles. The second kappa shape index (κ2) is 4.72. The van der Waals surface area contributed by atoms with Crippen molar-refractivity contribution < 1.29 is 4.39 Å². The Kier molecular flexibility index (Phi) is 3.50. The van der Waals surface area contributed by atoms with E-state index in [1.54, 1.807) is 0 Å². The van der Waals surface area contributed by atoms with Crippen molar-refractivity contribution in [2.75, 3.05) is 0 Å². The molecule has 0 heterocycles. The largest absolute Gasteiger partial charge is 0.328 e. The lowest BCUT2D eigenvalue weighted by atomic mass is 9.80. The van der Waals surface area contributed by atoms with E-state index in [4.69, 9.17) is 17.3 Å². The minimum absolute atomic E-state index is 0.189. The zero-order valence-corrected chi connectivity index (χ0v) is 10.0. The van der Waals surface area contributed by atoms with Crippen molar-refractivity contribution in [2.45, 2.75) is 43.8 Å². The van der Waals surface area contributed by atoms with Gasteiger partial charge >= 0.3 is 0 Å². The van der Waals surface area contributed by atoms with Gasteiger partial charge in [0.15, 0.2) is 0 Å². The minimum Gasteiger partial charge on any atom is -0.328 e. The van der Waals surface area contributed by atoms with E-state index in [-0.39, 0.29) is 6.04 Å². The summed E-state index contributed by atoms with van der Waals surface area (Å²) >= 11 is 5.80. The van der Waals surface area contributed by atoms with Crippen LogP contribution >= 0.6 is 11.6 Å². The van der Waals surface area contributed by atoms with Crippen LogP contribution < -0.4 is 5.73 Å². The second-order valence-electron chi connectivity index (χ2n) is 4.79. The maximum Gasteiger partial charge on any atom is 0.115 e. The quantitative estimate of drug-likeness (QED) is 0.843. The normalized spacial score (nSPS) is 30.3. The molecule has 1 fully saturated rings. The summed E-state index contributed by atoms with van der Waals surface area (Å²) in [6.07, 6.45) is 3.23. The Labute approximate surface area is 101 Å². The molecule has 0 bridgehead atoms. The zero-order chi connectivity index (χ0) is 11.6. The molecule has 0 saturated heterocycles. The topological polar surface area (TPSA) is 26.0 Å². The second-order valence-corrected chi connectivity index (χ2v) is 5.23. The fourth-order valence-electron chi connectivity index (χ4n) is 2.30. The molecule has 0 spiro atoms. The molecule has 1 aromatic rings. The van der Waals surface area contributed by atoms with Gasteiger partial charge in [0.05, 0.1) is 0 Å². The molecule has 0 aromatic heterocycles. The van der Waals surface area contributed by atoms with E-state index in [1.807, 2.05) is 24.3 Å². The SMILES string of the molecule is NC1CCC(F)(Cc2ccc(Cl)cc2)CC1. The number of nitrogens with two attached hydrogens (primary N) is 1. The van der Waals surface area contributed by atoms with E-state index in [9.17, 15) is 4.39 Å². The first-order valence-electron chi connectivity index (χ1n) is 5.76. The Bertz CT molecular complexity index is 341. The highest BCUT2D eigenvalue weighted by Crippen LogP contribution is 2.34. The van der Waals surface area contributed by atoms with Gasteiger partial charge in [-0.2, -0.15) is 0 Å². The van der Waals surface area contributed by atoms with Crippen LogP contribution in [0.1, 0.15) is 31.2 Å². The maximum atomic E-state index is 14.4. The lowest BCUT2D eigenvalue weighted by Gasteiger charge is -2.32. The van der Waals surface area contributed by atoms with Gasteiger partial charge in [0.1, 0.15) is 5.67 Å². The third-order valence-electron chi connectivity index (χ3n) is 3.36. The van der Waals surface area contributed by atoms with Crippen LogP contribution in [0.2, 0.25) is 5.02 Å². The fourth-order valence-corrected chi connectivity index (χ4v) is 2.43. The summed E-state index contributed by atoms with van der Waals surface area (Å²) < 4.78 is 14.4. The van der Waals surface area contributed by atoms with Crippen LogP contribution in [-0.4, -0.2) is 11.7 Å². The monoisotopic (exact) mass is 241 g/mol. The molecule has 2 rings (SSSR count). The van der Waals surface area contributed by atoms with Gasteiger partial charge in [-0.15, -0.1) is 0 Å². The van der Waals surface area contributed by atoms with Gasteiger partial charge in [-0.25, -0.2) is 4.39 Å².